The van der Waals surface area contributed by atoms with E-state index >= 15 is 0 Å². The molecule has 0 fully saturated rings. The molecule has 0 aliphatic carbocycles. The first-order chi connectivity index (χ1) is 7.67. The summed E-state index contributed by atoms with van der Waals surface area (Å²) in [7, 11) is 1.95. The van der Waals surface area contributed by atoms with Crippen molar-refractivity contribution >= 4 is 23.4 Å². The number of hydrogen-bond acceptors (Lipinski definition) is 2. The van der Waals surface area contributed by atoms with Gasteiger partial charge in [-0.05, 0) is 49.6 Å². The second-order valence-electron chi connectivity index (χ2n) is 3.71. The lowest BCUT2D eigenvalue weighted by Crippen LogP contribution is -2.28. The van der Waals surface area contributed by atoms with Gasteiger partial charge in [-0.1, -0.05) is 17.7 Å². The second-order valence-corrected chi connectivity index (χ2v) is 5.10. The Morgan fingerprint density at radius 1 is 1.50 bits per heavy atom. The summed E-state index contributed by atoms with van der Waals surface area (Å²) >= 11 is 7.82. The van der Waals surface area contributed by atoms with E-state index in [4.69, 9.17) is 11.6 Å². The van der Waals surface area contributed by atoms with Gasteiger partial charge >= 0.3 is 0 Å². The van der Waals surface area contributed by atoms with Crippen LogP contribution in [0.4, 0.5) is 4.39 Å². The molecule has 0 aliphatic heterocycles. The first-order valence-corrected chi connectivity index (χ1v) is 7.04. The Kier molecular flexibility index (Phi) is 6.17. The van der Waals surface area contributed by atoms with Crippen molar-refractivity contribution < 1.29 is 4.39 Å². The number of likely N-dealkylation sites (N-methyl/N-ethyl adjacent to an activating group) is 1. The molecule has 1 rings (SSSR count). The van der Waals surface area contributed by atoms with Gasteiger partial charge in [0.1, 0.15) is 5.82 Å². The maximum Gasteiger partial charge on any atom is 0.124 e. The summed E-state index contributed by atoms with van der Waals surface area (Å²) in [5.74, 6) is 0.837. The third-order valence-corrected chi connectivity index (χ3v) is 3.56. The zero-order chi connectivity index (χ0) is 12.0. The molecule has 1 nitrogen and oxygen atoms in total. The van der Waals surface area contributed by atoms with Crippen molar-refractivity contribution in [2.45, 2.75) is 18.9 Å². The van der Waals surface area contributed by atoms with E-state index in [-0.39, 0.29) is 5.82 Å². The third-order valence-electron chi connectivity index (χ3n) is 2.56. The minimum absolute atomic E-state index is 0.279. The van der Waals surface area contributed by atoms with Crippen LogP contribution in [0.1, 0.15) is 12.0 Å². The predicted molar refractivity (Wildman–Crippen MR) is 71.0 cm³/mol. The van der Waals surface area contributed by atoms with Gasteiger partial charge in [0.2, 0.25) is 0 Å². The highest BCUT2D eigenvalue weighted by Gasteiger charge is 2.09. The molecule has 1 atom stereocenters. The van der Waals surface area contributed by atoms with Crippen LogP contribution in [0.25, 0.3) is 0 Å². The fraction of sp³-hybridized carbons (Fsp3) is 0.500. The van der Waals surface area contributed by atoms with E-state index in [1.54, 1.807) is 6.07 Å². The summed E-state index contributed by atoms with van der Waals surface area (Å²) in [5, 5.41) is 3.78. The van der Waals surface area contributed by atoms with Gasteiger partial charge in [0, 0.05) is 11.1 Å². The molecule has 1 aromatic carbocycles. The fourth-order valence-electron chi connectivity index (χ4n) is 1.56. The Morgan fingerprint density at radius 2 is 2.25 bits per heavy atom. The quantitative estimate of drug-likeness (QED) is 0.843. The van der Waals surface area contributed by atoms with Crippen molar-refractivity contribution in [2.75, 3.05) is 19.1 Å². The molecule has 16 heavy (non-hydrogen) atoms. The highest BCUT2D eigenvalue weighted by Crippen LogP contribution is 2.19. The minimum Gasteiger partial charge on any atom is -0.317 e. The van der Waals surface area contributed by atoms with Gasteiger partial charge < -0.3 is 5.32 Å². The SMILES string of the molecule is CNC(CCSC)Cc1ccc(F)cc1Cl. The number of hydrogen-bond donors (Lipinski definition) is 1. The molecule has 0 spiro atoms. The van der Waals surface area contributed by atoms with Crippen LogP contribution >= 0.6 is 23.4 Å². The predicted octanol–water partition coefficient (Wildman–Crippen LogP) is 3.36. The molecule has 0 bridgehead atoms. The monoisotopic (exact) mass is 261 g/mol. The summed E-state index contributed by atoms with van der Waals surface area (Å²) < 4.78 is 12.9. The minimum atomic E-state index is -0.279. The van der Waals surface area contributed by atoms with E-state index in [0.29, 0.717) is 11.1 Å². The number of thioether (sulfide) groups is 1. The number of rotatable bonds is 6. The van der Waals surface area contributed by atoms with Crippen molar-refractivity contribution in [2.24, 2.45) is 0 Å². The lowest BCUT2D eigenvalue weighted by molar-refractivity contribution is 0.546. The van der Waals surface area contributed by atoms with E-state index in [1.165, 1.54) is 12.1 Å². The van der Waals surface area contributed by atoms with Gasteiger partial charge in [0.15, 0.2) is 0 Å². The average molecular weight is 262 g/mol. The highest BCUT2D eigenvalue weighted by atomic mass is 35.5. The Bertz CT molecular complexity index is 333. The molecule has 0 aromatic heterocycles. The Hall–Kier alpha value is -0.250. The van der Waals surface area contributed by atoms with Crippen LogP contribution in [0.5, 0.6) is 0 Å². The molecule has 1 N–H and O–H groups in total. The summed E-state index contributed by atoms with van der Waals surface area (Å²) in [6.07, 6.45) is 4.03. The summed E-state index contributed by atoms with van der Waals surface area (Å²) in [6, 6.07) is 5.00. The fourth-order valence-corrected chi connectivity index (χ4v) is 2.33. The van der Waals surface area contributed by atoms with Gasteiger partial charge in [0.25, 0.3) is 0 Å². The van der Waals surface area contributed by atoms with Crippen molar-refractivity contribution in [3.05, 3.63) is 34.6 Å². The van der Waals surface area contributed by atoms with E-state index < -0.39 is 0 Å². The van der Waals surface area contributed by atoms with Crippen molar-refractivity contribution in [1.29, 1.82) is 0 Å². The summed E-state index contributed by atoms with van der Waals surface area (Å²) in [4.78, 5) is 0. The molecular formula is C12H17ClFNS. The molecule has 0 radical (unpaired) electrons. The number of benzene rings is 1. The molecule has 0 amide bonds. The van der Waals surface area contributed by atoms with Crippen molar-refractivity contribution in [3.8, 4) is 0 Å². The van der Waals surface area contributed by atoms with E-state index in [0.717, 1.165) is 24.2 Å². The summed E-state index contributed by atoms with van der Waals surface area (Å²) in [5.41, 5.74) is 1.00. The van der Waals surface area contributed by atoms with Gasteiger partial charge in [-0.3, -0.25) is 0 Å². The maximum absolute atomic E-state index is 12.9. The van der Waals surface area contributed by atoms with Crippen LogP contribution in [0.3, 0.4) is 0 Å². The van der Waals surface area contributed by atoms with E-state index in [1.807, 2.05) is 18.8 Å². The Balaban J connectivity index is 2.62. The summed E-state index contributed by atoms with van der Waals surface area (Å²) in [6.45, 7) is 0. The zero-order valence-corrected chi connectivity index (χ0v) is 11.2. The molecular weight excluding hydrogens is 245 g/mol. The Morgan fingerprint density at radius 3 is 2.81 bits per heavy atom. The molecule has 90 valence electrons. The van der Waals surface area contributed by atoms with Crippen LogP contribution in [0.15, 0.2) is 18.2 Å². The van der Waals surface area contributed by atoms with Gasteiger partial charge in [-0.2, -0.15) is 11.8 Å². The molecule has 0 saturated carbocycles. The second kappa shape index (κ2) is 7.15. The van der Waals surface area contributed by atoms with Crippen LogP contribution < -0.4 is 5.32 Å². The lowest BCUT2D eigenvalue weighted by Gasteiger charge is -2.16. The standard InChI is InChI=1S/C12H17ClFNS/c1-15-11(5-6-16-2)7-9-3-4-10(14)8-12(9)13/h3-4,8,11,15H,5-7H2,1-2H3. The van der Waals surface area contributed by atoms with Gasteiger partial charge in [0.05, 0.1) is 0 Å². The topological polar surface area (TPSA) is 12.0 Å². The average Bonchev–Trinajstić information content (AvgIpc) is 2.27. The molecule has 1 unspecified atom stereocenters. The number of halogens is 2. The van der Waals surface area contributed by atoms with Crippen LogP contribution in [-0.2, 0) is 6.42 Å². The van der Waals surface area contributed by atoms with Crippen LogP contribution in [-0.4, -0.2) is 25.1 Å². The molecule has 0 saturated heterocycles. The molecule has 0 aliphatic rings. The van der Waals surface area contributed by atoms with E-state index in [9.17, 15) is 4.39 Å². The smallest absolute Gasteiger partial charge is 0.124 e. The zero-order valence-electron chi connectivity index (χ0n) is 9.59. The molecule has 1 aromatic rings. The first kappa shape index (κ1) is 13.8. The van der Waals surface area contributed by atoms with Crippen LogP contribution in [0.2, 0.25) is 5.02 Å². The van der Waals surface area contributed by atoms with Crippen LogP contribution in [0, 0.1) is 5.82 Å². The largest absolute Gasteiger partial charge is 0.317 e. The molecule has 0 heterocycles. The third kappa shape index (κ3) is 4.32. The van der Waals surface area contributed by atoms with Crippen molar-refractivity contribution in [3.63, 3.8) is 0 Å². The molecule has 4 heteroatoms. The number of nitrogens with one attached hydrogen (secondary N) is 1. The van der Waals surface area contributed by atoms with E-state index in [2.05, 4.69) is 11.6 Å². The highest BCUT2D eigenvalue weighted by molar-refractivity contribution is 7.98. The normalized spacial score (nSPS) is 12.8. The Labute approximate surface area is 106 Å². The van der Waals surface area contributed by atoms with Gasteiger partial charge in [-0.15, -0.1) is 0 Å². The lowest BCUT2D eigenvalue weighted by atomic mass is 10.0. The first-order valence-electron chi connectivity index (χ1n) is 5.27. The van der Waals surface area contributed by atoms with Gasteiger partial charge in [-0.25, -0.2) is 4.39 Å². The maximum atomic E-state index is 12.9. The van der Waals surface area contributed by atoms with Crippen molar-refractivity contribution in [1.82, 2.24) is 5.32 Å².